The molecule has 2 heterocycles. The number of hydrogen-bond donors (Lipinski definition) is 1. The van der Waals surface area contributed by atoms with E-state index in [4.69, 9.17) is 0 Å². The second-order valence-electron chi connectivity index (χ2n) is 4.96. The molecule has 0 saturated carbocycles. The molecule has 0 radical (unpaired) electrons. The number of hydrogen-bond acceptors (Lipinski definition) is 3. The molecule has 98 valence electrons. The van der Waals surface area contributed by atoms with Crippen LogP contribution in [0.2, 0.25) is 0 Å². The summed E-state index contributed by atoms with van der Waals surface area (Å²) in [7, 11) is -0.688. The van der Waals surface area contributed by atoms with Crippen molar-refractivity contribution >= 4 is 16.7 Å². The zero-order valence-electron chi connectivity index (χ0n) is 10.3. The van der Waals surface area contributed by atoms with Gasteiger partial charge in [-0.3, -0.25) is 9.00 Å². The summed E-state index contributed by atoms with van der Waals surface area (Å²) < 4.78 is 11.2. The van der Waals surface area contributed by atoms with E-state index in [1.807, 2.05) is 4.90 Å². The predicted octanol–water partition coefficient (Wildman–Crippen LogP) is 0.357. The number of nitrogens with one attached hydrogen (secondary N) is 1. The zero-order chi connectivity index (χ0) is 12.1. The molecule has 0 unspecified atom stereocenters. The highest BCUT2D eigenvalue weighted by Gasteiger charge is 2.21. The SMILES string of the molecule is O=C(CCC1CCNCC1)N1CCS(=O)CC1. The van der Waals surface area contributed by atoms with Gasteiger partial charge in [-0.15, -0.1) is 0 Å². The molecule has 2 aliphatic heterocycles. The molecule has 0 aromatic heterocycles. The van der Waals surface area contributed by atoms with Crippen molar-refractivity contribution in [1.82, 2.24) is 10.2 Å². The Kier molecular flexibility index (Phi) is 4.98. The Morgan fingerprint density at radius 1 is 1.24 bits per heavy atom. The third kappa shape index (κ3) is 4.07. The lowest BCUT2D eigenvalue weighted by Gasteiger charge is -2.28. The number of piperidine rings is 1. The molecule has 0 aliphatic carbocycles. The van der Waals surface area contributed by atoms with E-state index in [-0.39, 0.29) is 5.91 Å². The quantitative estimate of drug-likeness (QED) is 0.795. The van der Waals surface area contributed by atoms with Crippen LogP contribution in [0.15, 0.2) is 0 Å². The summed E-state index contributed by atoms with van der Waals surface area (Å²) in [4.78, 5) is 13.9. The molecule has 4 nitrogen and oxygen atoms in total. The highest BCUT2D eigenvalue weighted by molar-refractivity contribution is 7.85. The van der Waals surface area contributed by atoms with Gasteiger partial charge >= 0.3 is 0 Å². The Morgan fingerprint density at radius 2 is 1.88 bits per heavy atom. The minimum Gasteiger partial charge on any atom is -0.341 e. The highest BCUT2D eigenvalue weighted by Crippen LogP contribution is 2.18. The summed E-state index contributed by atoms with van der Waals surface area (Å²) in [5, 5.41) is 3.34. The zero-order valence-corrected chi connectivity index (χ0v) is 11.1. The lowest BCUT2D eigenvalue weighted by atomic mass is 9.93. The van der Waals surface area contributed by atoms with Gasteiger partial charge in [-0.05, 0) is 38.3 Å². The highest BCUT2D eigenvalue weighted by atomic mass is 32.2. The normalized spacial score (nSPS) is 23.9. The Balaban J connectivity index is 1.67. The summed E-state index contributed by atoms with van der Waals surface area (Å²) in [6.45, 7) is 3.58. The van der Waals surface area contributed by atoms with Crippen LogP contribution in [0.5, 0.6) is 0 Å². The van der Waals surface area contributed by atoms with Crippen molar-refractivity contribution in [3.05, 3.63) is 0 Å². The summed E-state index contributed by atoms with van der Waals surface area (Å²) >= 11 is 0. The first-order valence-corrected chi connectivity index (χ1v) is 8.08. The first-order chi connectivity index (χ1) is 8.25. The topological polar surface area (TPSA) is 49.4 Å². The van der Waals surface area contributed by atoms with E-state index < -0.39 is 10.8 Å². The number of carbonyl (C=O) groups excluding carboxylic acids is 1. The lowest BCUT2D eigenvalue weighted by Crippen LogP contribution is -2.42. The van der Waals surface area contributed by atoms with Crippen LogP contribution < -0.4 is 5.32 Å². The van der Waals surface area contributed by atoms with Gasteiger partial charge in [-0.25, -0.2) is 0 Å². The average molecular weight is 258 g/mol. The van der Waals surface area contributed by atoms with Gasteiger partial charge in [-0.1, -0.05) is 0 Å². The van der Waals surface area contributed by atoms with Crippen molar-refractivity contribution in [3.63, 3.8) is 0 Å². The maximum atomic E-state index is 12.0. The molecule has 2 rings (SSSR count). The third-order valence-electron chi connectivity index (χ3n) is 3.76. The summed E-state index contributed by atoms with van der Waals surface area (Å²) in [6, 6.07) is 0. The first-order valence-electron chi connectivity index (χ1n) is 6.59. The van der Waals surface area contributed by atoms with Gasteiger partial charge in [-0.2, -0.15) is 0 Å². The van der Waals surface area contributed by atoms with Crippen molar-refractivity contribution in [2.75, 3.05) is 37.7 Å². The lowest BCUT2D eigenvalue weighted by molar-refractivity contribution is -0.131. The minimum absolute atomic E-state index is 0.264. The Labute approximate surface area is 106 Å². The van der Waals surface area contributed by atoms with Gasteiger partial charge in [0.05, 0.1) is 0 Å². The summed E-state index contributed by atoms with van der Waals surface area (Å²) in [5.41, 5.74) is 0. The summed E-state index contributed by atoms with van der Waals surface area (Å²) in [5.74, 6) is 2.32. The molecule has 0 atom stereocenters. The third-order valence-corrected chi connectivity index (χ3v) is 5.03. The molecule has 17 heavy (non-hydrogen) atoms. The van der Waals surface area contributed by atoms with Gasteiger partial charge in [0.2, 0.25) is 5.91 Å². The molecule has 2 aliphatic rings. The van der Waals surface area contributed by atoms with E-state index in [2.05, 4.69) is 5.32 Å². The maximum absolute atomic E-state index is 12.0. The maximum Gasteiger partial charge on any atom is 0.222 e. The van der Waals surface area contributed by atoms with E-state index in [1.54, 1.807) is 0 Å². The smallest absolute Gasteiger partial charge is 0.222 e. The second kappa shape index (κ2) is 6.50. The molecule has 1 N–H and O–H groups in total. The standard InChI is InChI=1S/C12H22N2O2S/c15-12(14-7-9-17(16)10-8-14)2-1-11-3-5-13-6-4-11/h11,13H,1-10H2. The van der Waals surface area contributed by atoms with E-state index in [1.165, 1.54) is 12.8 Å². The van der Waals surface area contributed by atoms with Crippen LogP contribution in [0.25, 0.3) is 0 Å². The fraction of sp³-hybridized carbons (Fsp3) is 0.917. The van der Waals surface area contributed by atoms with E-state index >= 15 is 0 Å². The molecule has 0 bridgehead atoms. The van der Waals surface area contributed by atoms with Crippen LogP contribution in [-0.2, 0) is 15.6 Å². The first kappa shape index (κ1) is 13.0. The minimum atomic E-state index is -0.688. The fourth-order valence-corrected chi connectivity index (χ4v) is 3.60. The molecule has 1 amide bonds. The van der Waals surface area contributed by atoms with Gasteiger partial charge in [0, 0.05) is 41.8 Å². The van der Waals surface area contributed by atoms with Crippen LogP contribution in [0.1, 0.15) is 25.7 Å². The summed E-state index contributed by atoms with van der Waals surface area (Å²) in [6.07, 6.45) is 4.12. The molecule has 0 aromatic carbocycles. The van der Waals surface area contributed by atoms with Crippen molar-refractivity contribution in [1.29, 1.82) is 0 Å². The van der Waals surface area contributed by atoms with E-state index in [0.29, 0.717) is 31.0 Å². The van der Waals surface area contributed by atoms with Gasteiger partial charge < -0.3 is 10.2 Å². The van der Waals surface area contributed by atoms with Crippen molar-refractivity contribution in [2.24, 2.45) is 5.92 Å². The van der Waals surface area contributed by atoms with Crippen molar-refractivity contribution in [2.45, 2.75) is 25.7 Å². The van der Waals surface area contributed by atoms with Crippen LogP contribution in [-0.4, -0.2) is 52.7 Å². The molecule has 5 heteroatoms. The van der Waals surface area contributed by atoms with Gasteiger partial charge in [0.1, 0.15) is 0 Å². The number of amides is 1. The largest absolute Gasteiger partial charge is 0.341 e. The molecule has 2 fully saturated rings. The number of carbonyl (C=O) groups is 1. The van der Waals surface area contributed by atoms with E-state index in [0.717, 1.165) is 25.4 Å². The van der Waals surface area contributed by atoms with Crippen molar-refractivity contribution in [3.8, 4) is 0 Å². The van der Waals surface area contributed by atoms with Gasteiger partial charge in [0.15, 0.2) is 0 Å². The molecule has 0 spiro atoms. The van der Waals surface area contributed by atoms with Crippen LogP contribution >= 0.6 is 0 Å². The second-order valence-corrected chi connectivity index (χ2v) is 6.66. The van der Waals surface area contributed by atoms with Crippen LogP contribution in [0, 0.1) is 5.92 Å². The molecular formula is C12H22N2O2S. The Morgan fingerprint density at radius 3 is 2.53 bits per heavy atom. The number of rotatable bonds is 3. The molecular weight excluding hydrogens is 236 g/mol. The van der Waals surface area contributed by atoms with Gasteiger partial charge in [0.25, 0.3) is 0 Å². The fourth-order valence-electron chi connectivity index (χ4n) is 2.54. The van der Waals surface area contributed by atoms with E-state index in [9.17, 15) is 9.00 Å². The van der Waals surface area contributed by atoms with Crippen LogP contribution in [0.3, 0.4) is 0 Å². The monoisotopic (exact) mass is 258 g/mol. The number of nitrogens with zero attached hydrogens (tertiary/aromatic N) is 1. The Hall–Kier alpha value is -0.420. The average Bonchev–Trinajstić information content (AvgIpc) is 2.38. The van der Waals surface area contributed by atoms with Crippen molar-refractivity contribution < 1.29 is 9.00 Å². The molecule has 0 aromatic rings. The predicted molar refractivity (Wildman–Crippen MR) is 69.3 cm³/mol. The van der Waals surface area contributed by atoms with Crippen LogP contribution in [0.4, 0.5) is 0 Å². The Bertz CT molecular complexity index is 280. The molecule has 2 saturated heterocycles.